The zero-order valence-corrected chi connectivity index (χ0v) is 9.90. The van der Waals surface area contributed by atoms with Gasteiger partial charge in [0.1, 0.15) is 0 Å². The SMILES string of the molecule is CC1CCC(NC(=O)C(N)CC(N)=O)C1C. The molecule has 4 unspecified atom stereocenters. The molecule has 0 bridgehead atoms. The Hall–Kier alpha value is -1.10. The Bertz CT molecular complexity index is 280. The Morgan fingerprint density at radius 3 is 2.44 bits per heavy atom. The van der Waals surface area contributed by atoms with Gasteiger partial charge in [-0.3, -0.25) is 9.59 Å². The van der Waals surface area contributed by atoms with Gasteiger partial charge in [0.2, 0.25) is 11.8 Å². The minimum absolute atomic E-state index is 0.0948. The molecule has 0 aliphatic heterocycles. The van der Waals surface area contributed by atoms with Gasteiger partial charge in [-0.25, -0.2) is 0 Å². The second kappa shape index (κ2) is 5.30. The molecule has 1 fully saturated rings. The minimum Gasteiger partial charge on any atom is -0.370 e. The Labute approximate surface area is 95.9 Å². The van der Waals surface area contributed by atoms with Crippen molar-refractivity contribution in [3.8, 4) is 0 Å². The van der Waals surface area contributed by atoms with Crippen LogP contribution in [0, 0.1) is 11.8 Å². The molecule has 2 amide bonds. The first-order valence-corrected chi connectivity index (χ1v) is 5.76. The maximum atomic E-state index is 11.6. The fourth-order valence-electron chi connectivity index (χ4n) is 2.17. The van der Waals surface area contributed by atoms with Crippen molar-refractivity contribution in [3.05, 3.63) is 0 Å². The van der Waals surface area contributed by atoms with Crippen molar-refractivity contribution < 1.29 is 9.59 Å². The normalized spacial score (nSPS) is 31.1. The second-order valence-electron chi connectivity index (χ2n) is 4.81. The number of hydrogen-bond donors (Lipinski definition) is 3. The molecule has 5 nitrogen and oxygen atoms in total. The predicted molar refractivity (Wildman–Crippen MR) is 61.3 cm³/mol. The van der Waals surface area contributed by atoms with E-state index >= 15 is 0 Å². The summed E-state index contributed by atoms with van der Waals surface area (Å²) in [5.74, 6) is 0.266. The van der Waals surface area contributed by atoms with E-state index in [0.29, 0.717) is 11.8 Å². The van der Waals surface area contributed by atoms with Crippen molar-refractivity contribution in [2.24, 2.45) is 23.3 Å². The van der Waals surface area contributed by atoms with Crippen LogP contribution in [0.15, 0.2) is 0 Å². The summed E-state index contributed by atoms with van der Waals surface area (Å²) in [4.78, 5) is 22.3. The molecule has 1 aliphatic rings. The number of carbonyl (C=O) groups is 2. The third kappa shape index (κ3) is 3.20. The highest BCUT2D eigenvalue weighted by molar-refractivity contribution is 5.87. The van der Waals surface area contributed by atoms with Crippen LogP contribution in [0.5, 0.6) is 0 Å². The summed E-state index contributed by atoms with van der Waals surface area (Å²) in [6.07, 6.45) is 2.01. The van der Waals surface area contributed by atoms with E-state index in [1.807, 2.05) is 0 Å². The average molecular weight is 227 g/mol. The van der Waals surface area contributed by atoms with Gasteiger partial charge in [0.15, 0.2) is 0 Å². The van der Waals surface area contributed by atoms with E-state index in [2.05, 4.69) is 19.2 Å². The van der Waals surface area contributed by atoms with Gasteiger partial charge in [-0.2, -0.15) is 0 Å². The Balaban J connectivity index is 2.42. The van der Waals surface area contributed by atoms with Crippen molar-refractivity contribution in [2.45, 2.75) is 45.2 Å². The second-order valence-corrected chi connectivity index (χ2v) is 4.81. The lowest BCUT2D eigenvalue weighted by molar-refractivity contribution is -0.127. The summed E-state index contributed by atoms with van der Waals surface area (Å²) in [5.41, 5.74) is 10.6. The molecule has 0 aromatic heterocycles. The first-order valence-electron chi connectivity index (χ1n) is 5.76. The summed E-state index contributed by atoms with van der Waals surface area (Å²) in [6, 6.07) is -0.637. The van der Waals surface area contributed by atoms with Crippen molar-refractivity contribution in [2.75, 3.05) is 0 Å². The van der Waals surface area contributed by atoms with E-state index in [1.165, 1.54) is 0 Å². The largest absolute Gasteiger partial charge is 0.370 e. The quantitative estimate of drug-likeness (QED) is 0.617. The Morgan fingerprint density at radius 2 is 2.00 bits per heavy atom. The van der Waals surface area contributed by atoms with Gasteiger partial charge in [-0.1, -0.05) is 13.8 Å². The van der Waals surface area contributed by atoms with E-state index in [9.17, 15) is 9.59 Å². The maximum absolute atomic E-state index is 11.6. The highest BCUT2D eigenvalue weighted by atomic mass is 16.2. The summed E-state index contributed by atoms with van der Waals surface area (Å²) < 4.78 is 0. The molecule has 1 aliphatic carbocycles. The molecular weight excluding hydrogens is 206 g/mol. The van der Waals surface area contributed by atoms with Crippen LogP contribution in [0.4, 0.5) is 0 Å². The molecule has 16 heavy (non-hydrogen) atoms. The number of carbonyl (C=O) groups excluding carboxylic acids is 2. The molecule has 0 spiro atoms. The molecule has 0 aromatic carbocycles. The molecule has 92 valence electrons. The fourth-order valence-corrected chi connectivity index (χ4v) is 2.17. The lowest BCUT2D eigenvalue weighted by Gasteiger charge is -2.21. The standard InChI is InChI=1S/C11H21N3O2/c1-6-3-4-9(7(6)2)14-11(16)8(12)5-10(13)15/h6-9H,3-5,12H2,1-2H3,(H2,13,15)(H,14,16). The summed E-state index contributed by atoms with van der Waals surface area (Å²) >= 11 is 0. The van der Waals surface area contributed by atoms with Gasteiger partial charge >= 0.3 is 0 Å². The highest BCUT2D eigenvalue weighted by Crippen LogP contribution is 2.30. The average Bonchev–Trinajstić information content (AvgIpc) is 2.48. The van der Waals surface area contributed by atoms with Crippen LogP contribution < -0.4 is 16.8 Å². The van der Waals surface area contributed by atoms with Gasteiger partial charge in [0.25, 0.3) is 0 Å². The van der Waals surface area contributed by atoms with E-state index < -0.39 is 11.9 Å². The number of rotatable bonds is 4. The van der Waals surface area contributed by atoms with Crippen molar-refractivity contribution >= 4 is 11.8 Å². The zero-order chi connectivity index (χ0) is 12.3. The summed E-state index contributed by atoms with van der Waals surface area (Å²) in [5, 5.41) is 2.89. The topological polar surface area (TPSA) is 98.2 Å². The van der Waals surface area contributed by atoms with Crippen molar-refractivity contribution in [1.82, 2.24) is 5.32 Å². The van der Waals surface area contributed by atoms with Crippen LogP contribution in [0.25, 0.3) is 0 Å². The summed E-state index contributed by atoms with van der Waals surface area (Å²) in [7, 11) is 0. The molecule has 0 radical (unpaired) electrons. The number of nitrogens with two attached hydrogens (primary N) is 2. The molecule has 5 heteroatoms. The molecule has 0 aromatic rings. The first kappa shape index (κ1) is 13.0. The smallest absolute Gasteiger partial charge is 0.237 e. The number of nitrogens with one attached hydrogen (secondary N) is 1. The molecule has 1 rings (SSSR count). The van der Waals surface area contributed by atoms with Crippen LogP contribution >= 0.6 is 0 Å². The van der Waals surface area contributed by atoms with E-state index in [-0.39, 0.29) is 18.4 Å². The molecule has 4 atom stereocenters. The molecular formula is C11H21N3O2. The number of amides is 2. The van der Waals surface area contributed by atoms with Crippen LogP contribution in [-0.4, -0.2) is 23.9 Å². The fraction of sp³-hybridized carbons (Fsp3) is 0.818. The zero-order valence-electron chi connectivity index (χ0n) is 9.90. The van der Waals surface area contributed by atoms with Crippen LogP contribution in [0.1, 0.15) is 33.1 Å². The van der Waals surface area contributed by atoms with Gasteiger partial charge in [-0.15, -0.1) is 0 Å². The van der Waals surface area contributed by atoms with E-state index in [0.717, 1.165) is 12.8 Å². The Kier molecular flexibility index (Phi) is 4.29. The summed E-state index contributed by atoms with van der Waals surface area (Å²) in [6.45, 7) is 4.31. The minimum atomic E-state index is -0.819. The van der Waals surface area contributed by atoms with Gasteiger partial charge < -0.3 is 16.8 Å². The third-order valence-electron chi connectivity index (χ3n) is 3.55. The van der Waals surface area contributed by atoms with Crippen molar-refractivity contribution in [3.63, 3.8) is 0 Å². The number of hydrogen-bond acceptors (Lipinski definition) is 3. The maximum Gasteiger partial charge on any atom is 0.237 e. The van der Waals surface area contributed by atoms with Gasteiger partial charge in [-0.05, 0) is 24.7 Å². The van der Waals surface area contributed by atoms with Crippen LogP contribution in [0.2, 0.25) is 0 Å². The van der Waals surface area contributed by atoms with E-state index in [1.54, 1.807) is 0 Å². The third-order valence-corrected chi connectivity index (χ3v) is 3.55. The molecule has 0 heterocycles. The lowest BCUT2D eigenvalue weighted by atomic mass is 9.97. The van der Waals surface area contributed by atoms with Gasteiger partial charge in [0.05, 0.1) is 12.5 Å². The first-order chi connectivity index (χ1) is 7.41. The van der Waals surface area contributed by atoms with Crippen LogP contribution in [0.3, 0.4) is 0 Å². The van der Waals surface area contributed by atoms with Gasteiger partial charge in [0, 0.05) is 6.04 Å². The molecule has 1 saturated carbocycles. The van der Waals surface area contributed by atoms with Crippen molar-refractivity contribution in [1.29, 1.82) is 0 Å². The molecule has 0 saturated heterocycles. The lowest BCUT2D eigenvalue weighted by Crippen LogP contribution is -2.47. The number of primary amides is 1. The predicted octanol–water partition coefficient (Wildman–Crippen LogP) is -0.260. The highest BCUT2D eigenvalue weighted by Gasteiger charge is 2.31. The Morgan fingerprint density at radius 1 is 1.38 bits per heavy atom. The monoisotopic (exact) mass is 227 g/mol. The van der Waals surface area contributed by atoms with Crippen LogP contribution in [-0.2, 0) is 9.59 Å². The van der Waals surface area contributed by atoms with E-state index in [4.69, 9.17) is 11.5 Å². The molecule has 5 N–H and O–H groups in total.